The first-order valence-corrected chi connectivity index (χ1v) is 12.1. The van der Waals surface area contributed by atoms with Gasteiger partial charge in [-0.3, -0.25) is 9.36 Å². The summed E-state index contributed by atoms with van der Waals surface area (Å²) in [7, 11) is 0. The van der Waals surface area contributed by atoms with Crippen molar-refractivity contribution in [3.05, 3.63) is 48.2 Å². The molecular formula is C22H22N6O2S2. The zero-order valence-corrected chi connectivity index (χ0v) is 19.2. The van der Waals surface area contributed by atoms with Gasteiger partial charge in [0.05, 0.1) is 35.2 Å². The number of hydrogen-bond donors (Lipinski definition) is 1. The minimum atomic E-state index is 0.0739. The molecule has 164 valence electrons. The Morgan fingerprint density at radius 1 is 1.19 bits per heavy atom. The van der Waals surface area contributed by atoms with E-state index in [1.807, 2.05) is 52.8 Å². The Hall–Kier alpha value is -2.95. The SMILES string of the molecule is Cc1ccccc1-n1c(SCC(=O)N2CCOCC2)nnc1-c1sc2ncccc2c1N. The maximum absolute atomic E-state index is 12.7. The van der Waals surface area contributed by atoms with Crippen LogP contribution < -0.4 is 5.73 Å². The van der Waals surface area contributed by atoms with Gasteiger partial charge < -0.3 is 15.4 Å². The number of carbonyl (C=O) groups excluding carboxylic acids is 1. The highest BCUT2D eigenvalue weighted by molar-refractivity contribution is 7.99. The third-order valence-electron chi connectivity index (χ3n) is 5.39. The van der Waals surface area contributed by atoms with Crippen molar-refractivity contribution in [3.63, 3.8) is 0 Å². The maximum Gasteiger partial charge on any atom is 0.233 e. The first-order chi connectivity index (χ1) is 15.6. The van der Waals surface area contributed by atoms with E-state index in [2.05, 4.69) is 15.2 Å². The van der Waals surface area contributed by atoms with Crippen LogP contribution in [0.3, 0.4) is 0 Å². The predicted molar refractivity (Wildman–Crippen MR) is 127 cm³/mol. The van der Waals surface area contributed by atoms with Crippen LogP contribution in [0.2, 0.25) is 0 Å². The van der Waals surface area contributed by atoms with Gasteiger partial charge in [0.1, 0.15) is 4.83 Å². The molecule has 4 heterocycles. The Balaban J connectivity index is 1.54. The molecule has 3 aromatic heterocycles. The van der Waals surface area contributed by atoms with Crippen LogP contribution in [0.25, 0.3) is 26.6 Å². The summed E-state index contributed by atoms with van der Waals surface area (Å²) in [5, 5.41) is 10.5. The first kappa shape index (κ1) is 20.9. The zero-order valence-electron chi connectivity index (χ0n) is 17.5. The average molecular weight is 467 g/mol. The van der Waals surface area contributed by atoms with E-state index in [0.717, 1.165) is 26.3 Å². The molecule has 1 fully saturated rings. The van der Waals surface area contributed by atoms with E-state index in [1.54, 1.807) is 6.20 Å². The van der Waals surface area contributed by atoms with Crippen molar-refractivity contribution < 1.29 is 9.53 Å². The Morgan fingerprint density at radius 3 is 2.78 bits per heavy atom. The van der Waals surface area contributed by atoms with Crippen molar-refractivity contribution in [1.82, 2.24) is 24.6 Å². The average Bonchev–Trinajstić information content (AvgIpc) is 3.39. The van der Waals surface area contributed by atoms with Gasteiger partial charge in [-0.05, 0) is 30.7 Å². The molecule has 2 N–H and O–H groups in total. The lowest BCUT2D eigenvalue weighted by Crippen LogP contribution is -2.41. The number of pyridine rings is 1. The van der Waals surface area contributed by atoms with Crippen LogP contribution in [0.4, 0.5) is 5.69 Å². The second-order valence-electron chi connectivity index (χ2n) is 7.41. The molecule has 0 aliphatic carbocycles. The molecular weight excluding hydrogens is 444 g/mol. The van der Waals surface area contributed by atoms with Crippen molar-refractivity contribution in [2.75, 3.05) is 37.8 Å². The number of nitrogen functional groups attached to an aromatic ring is 1. The molecule has 0 atom stereocenters. The molecule has 1 aromatic carbocycles. The minimum Gasteiger partial charge on any atom is -0.397 e. The summed E-state index contributed by atoms with van der Waals surface area (Å²) in [6.07, 6.45) is 1.76. The number of hydrogen-bond acceptors (Lipinski definition) is 8. The Kier molecular flexibility index (Phi) is 5.81. The second-order valence-corrected chi connectivity index (χ2v) is 9.35. The van der Waals surface area contributed by atoms with Gasteiger partial charge in [0, 0.05) is 24.7 Å². The highest BCUT2D eigenvalue weighted by atomic mass is 32.2. The number of aryl methyl sites for hydroxylation is 1. The zero-order chi connectivity index (χ0) is 22.1. The monoisotopic (exact) mass is 466 g/mol. The summed E-state index contributed by atoms with van der Waals surface area (Å²) in [6, 6.07) is 11.9. The largest absolute Gasteiger partial charge is 0.397 e. The number of para-hydroxylation sites is 1. The predicted octanol–water partition coefficient (Wildman–Crippen LogP) is 3.39. The summed E-state index contributed by atoms with van der Waals surface area (Å²) in [5.41, 5.74) is 9.17. The maximum atomic E-state index is 12.7. The minimum absolute atomic E-state index is 0.0739. The normalized spacial score (nSPS) is 14.2. The first-order valence-electron chi connectivity index (χ1n) is 10.3. The number of rotatable bonds is 5. The number of aromatic nitrogens is 4. The van der Waals surface area contributed by atoms with Gasteiger partial charge in [-0.1, -0.05) is 30.0 Å². The van der Waals surface area contributed by atoms with E-state index in [0.29, 0.717) is 43.0 Å². The number of nitrogens with zero attached hydrogens (tertiary/aromatic N) is 5. The van der Waals surface area contributed by atoms with Gasteiger partial charge in [0.15, 0.2) is 11.0 Å². The fourth-order valence-electron chi connectivity index (χ4n) is 3.69. The number of carbonyl (C=O) groups is 1. The second kappa shape index (κ2) is 8.89. The van der Waals surface area contributed by atoms with Crippen LogP contribution in [0.15, 0.2) is 47.8 Å². The van der Waals surface area contributed by atoms with Gasteiger partial charge in [-0.2, -0.15) is 0 Å². The van der Waals surface area contributed by atoms with Crippen molar-refractivity contribution in [1.29, 1.82) is 0 Å². The van der Waals surface area contributed by atoms with Crippen LogP contribution in [-0.2, 0) is 9.53 Å². The number of thiophene rings is 1. The smallest absolute Gasteiger partial charge is 0.233 e. The number of fused-ring (bicyclic) bond motifs is 1. The van der Waals surface area contributed by atoms with Crippen LogP contribution in [0, 0.1) is 6.92 Å². The summed E-state index contributed by atoms with van der Waals surface area (Å²) in [5.74, 6) is 1.01. The molecule has 10 heteroatoms. The molecule has 1 amide bonds. The van der Waals surface area contributed by atoms with E-state index in [4.69, 9.17) is 10.5 Å². The number of thioether (sulfide) groups is 1. The lowest BCUT2D eigenvalue weighted by atomic mass is 10.2. The van der Waals surface area contributed by atoms with Crippen LogP contribution in [-0.4, -0.2) is 62.6 Å². The summed E-state index contributed by atoms with van der Waals surface area (Å²) < 4.78 is 7.34. The van der Waals surface area contributed by atoms with E-state index in [-0.39, 0.29) is 11.7 Å². The number of benzene rings is 1. The van der Waals surface area contributed by atoms with Gasteiger partial charge in [0.25, 0.3) is 0 Å². The van der Waals surface area contributed by atoms with Gasteiger partial charge in [0.2, 0.25) is 5.91 Å². The molecule has 1 aliphatic rings. The van der Waals surface area contributed by atoms with E-state index in [9.17, 15) is 4.79 Å². The quantitative estimate of drug-likeness (QED) is 0.450. The van der Waals surface area contributed by atoms with Crippen molar-refractivity contribution in [2.45, 2.75) is 12.1 Å². The van der Waals surface area contributed by atoms with Crippen molar-refractivity contribution in [3.8, 4) is 16.4 Å². The molecule has 0 saturated carbocycles. The molecule has 1 aliphatic heterocycles. The van der Waals surface area contributed by atoms with Gasteiger partial charge in [-0.15, -0.1) is 21.5 Å². The van der Waals surface area contributed by atoms with Gasteiger partial charge in [-0.25, -0.2) is 4.98 Å². The third kappa shape index (κ3) is 3.85. The Labute approximate surface area is 193 Å². The third-order valence-corrected chi connectivity index (χ3v) is 7.43. The summed E-state index contributed by atoms with van der Waals surface area (Å²) in [6.45, 7) is 4.46. The fourth-order valence-corrected chi connectivity index (χ4v) is 5.58. The molecule has 0 radical (unpaired) electrons. The van der Waals surface area contributed by atoms with Crippen LogP contribution in [0.5, 0.6) is 0 Å². The Bertz CT molecular complexity index is 1280. The van der Waals surface area contributed by atoms with E-state index >= 15 is 0 Å². The van der Waals surface area contributed by atoms with Gasteiger partial charge >= 0.3 is 0 Å². The number of nitrogens with two attached hydrogens (primary N) is 1. The number of morpholine rings is 1. The number of ether oxygens (including phenoxy) is 1. The van der Waals surface area contributed by atoms with Crippen molar-refractivity contribution in [2.24, 2.45) is 0 Å². The highest BCUT2D eigenvalue weighted by Gasteiger charge is 2.24. The van der Waals surface area contributed by atoms with Crippen LogP contribution >= 0.6 is 23.1 Å². The van der Waals surface area contributed by atoms with Crippen molar-refractivity contribution >= 4 is 44.9 Å². The highest BCUT2D eigenvalue weighted by Crippen LogP contribution is 2.41. The Morgan fingerprint density at radius 2 is 2.00 bits per heavy atom. The molecule has 8 nitrogen and oxygen atoms in total. The fraction of sp³-hybridized carbons (Fsp3) is 0.273. The van der Waals surface area contributed by atoms with E-state index in [1.165, 1.54) is 23.1 Å². The molecule has 0 unspecified atom stereocenters. The lowest BCUT2D eigenvalue weighted by Gasteiger charge is -2.26. The molecule has 5 rings (SSSR count). The molecule has 0 spiro atoms. The summed E-state index contributed by atoms with van der Waals surface area (Å²) >= 11 is 2.88. The number of amides is 1. The van der Waals surface area contributed by atoms with Crippen LogP contribution in [0.1, 0.15) is 5.56 Å². The topological polar surface area (TPSA) is 99.2 Å². The standard InChI is InChI=1S/C22H22N6O2S2/c1-14-5-2-3-7-16(14)28-20(19-18(23)15-6-4-8-24-21(15)32-19)25-26-22(28)31-13-17(29)27-9-11-30-12-10-27/h2-8H,9-13,23H2,1H3. The molecule has 32 heavy (non-hydrogen) atoms. The summed E-state index contributed by atoms with van der Waals surface area (Å²) in [4.78, 5) is 20.7. The lowest BCUT2D eigenvalue weighted by molar-refractivity contribution is -0.132. The van der Waals surface area contributed by atoms with E-state index < -0.39 is 0 Å². The number of anilines is 1. The molecule has 0 bridgehead atoms. The molecule has 4 aromatic rings. The molecule has 1 saturated heterocycles.